The average Bonchev–Trinajstić information content (AvgIpc) is 3.02. The lowest BCUT2D eigenvalue weighted by atomic mass is 10.00. The second-order valence-corrected chi connectivity index (χ2v) is 8.53. The number of primary amides is 1. The number of amides is 5. The Kier molecular flexibility index (Phi) is 8.38. The highest BCUT2D eigenvalue weighted by Crippen LogP contribution is 2.40. The minimum absolute atomic E-state index is 0.00397. The molecule has 15 nitrogen and oxygen atoms in total. The molecule has 0 aromatic heterocycles. The molecule has 2 aliphatic rings. The van der Waals surface area contributed by atoms with E-state index in [1.165, 1.54) is 11.9 Å². The largest absolute Gasteiger partial charge is 0.480 e. The van der Waals surface area contributed by atoms with Gasteiger partial charge in [-0.3, -0.25) is 9.69 Å². The Balaban J connectivity index is 2.18. The number of carboxylic acids is 1. The number of aliphatic hydroxyl groups is 4. The van der Waals surface area contributed by atoms with Gasteiger partial charge in [0, 0.05) is 20.0 Å². The van der Waals surface area contributed by atoms with E-state index in [2.05, 4.69) is 4.99 Å². The van der Waals surface area contributed by atoms with Crippen LogP contribution in [0.1, 0.15) is 6.42 Å². The molecule has 0 bridgehead atoms. The fourth-order valence-corrected chi connectivity index (χ4v) is 4.96. The summed E-state index contributed by atoms with van der Waals surface area (Å²) >= 11 is 0.751. The molecule has 0 saturated carbocycles. The fraction of sp³-hybridized carbons (Fsp3) is 0.688. The minimum atomic E-state index is -1.91. The van der Waals surface area contributed by atoms with E-state index in [0.29, 0.717) is 0 Å². The van der Waals surface area contributed by atoms with Crippen LogP contribution in [0.5, 0.6) is 0 Å². The van der Waals surface area contributed by atoms with E-state index in [1.54, 1.807) is 0 Å². The highest BCUT2D eigenvalue weighted by molar-refractivity contribution is 8.00. The van der Waals surface area contributed by atoms with Gasteiger partial charge in [0.1, 0.15) is 23.4 Å². The molecule has 2 fully saturated rings. The molecule has 0 aliphatic carbocycles. The number of carbonyl (C=O) groups is 4. The molecule has 2 aliphatic heterocycles. The molecule has 10 N–H and O–H groups in total. The molecular formula is C16H26N6O9S. The van der Waals surface area contributed by atoms with E-state index in [0.717, 1.165) is 16.7 Å². The van der Waals surface area contributed by atoms with Crippen molar-refractivity contribution < 1.29 is 44.7 Å². The first-order chi connectivity index (χ1) is 14.9. The SMILES string of the molecule is CN1C(=O)N([C@@H]2S[C@H]([C@@H](O)[C@@H](NC(=O)[C@@H](N)CO)C(=O)O)[C@H](O)[C@H]2O)CC/C1=N\C(N)=O. The first-order valence-corrected chi connectivity index (χ1v) is 10.4. The number of thioether (sulfide) groups is 1. The van der Waals surface area contributed by atoms with Gasteiger partial charge in [-0.15, -0.1) is 11.8 Å². The van der Waals surface area contributed by atoms with E-state index < -0.39 is 71.6 Å². The average molecular weight is 478 g/mol. The Morgan fingerprint density at radius 1 is 1.31 bits per heavy atom. The molecule has 32 heavy (non-hydrogen) atoms. The molecule has 5 amide bonds. The fourth-order valence-electron chi connectivity index (χ4n) is 3.33. The molecule has 0 spiro atoms. The summed E-state index contributed by atoms with van der Waals surface area (Å²) in [6, 6.07) is -4.98. The Labute approximate surface area is 186 Å². The molecule has 0 unspecified atom stereocenters. The molecule has 0 aromatic carbocycles. The lowest BCUT2D eigenvalue weighted by Crippen LogP contribution is -2.58. The van der Waals surface area contributed by atoms with E-state index >= 15 is 0 Å². The summed E-state index contributed by atoms with van der Waals surface area (Å²) in [5, 5.41) is 49.4. The summed E-state index contributed by atoms with van der Waals surface area (Å²) in [6.07, 6.45) is -4.97. The standard InChI is InChI=1S/C16H26N6O9S/c1-21-6(19-15(18)30)2-3-22(16(21)31)13-10(26)9(25)11(32-13)8(24)7(14(28)29)20-12(27)5(17)4-23/h5,7-11,13,23-26H,2-4,17H2,1H3,(H2,18,30)(H,20,27)(H,28,29)/b19-6+/t5-,7+,8-,9+,10+,11+,13+/m0/s1. The van der Waals surface area contributed by atoms with Crippen LogP contribution in [0.25, 0.3) is 0 Å². The monoisotopic (exact) mass is 478 g/mol. The lowest BCUT2D eigenvalue weighted by molar-refractivity contribution is -0.146. The summed E-state index contributed by atoms with van der Waals surface area (Å²) in [4.78, 5) is 52.9. The first kappa shape index (κ1) is 25.8. The van der Waals surface area contributed by atoms with Gasteiger partial charge in [-0.1, -0.05) is 0 Å². The minimum Gasteiger partial charge on any atom is -0.480 e. The van der Waals surface area contributed by atoms with Gasteiger partial charge in [0.05, 0.1) is 24.1 Å². The van der Waals surface area contributed by atoms with Gasteiger partial charge in [-0.2, -0.15) is 4.99 Å². The number of nitrogens with zero attached hydrogens (tertiary/aromatic N) is 3. The number of hydrogen-bond acceptors (Lipinski definition) is 10. The zero-order chi connectivity index (χ0) is 24.3. The van der Waals surface area contributed by atoms with Crippen LogP contribution in [-0.4, -0.2) is 126 Å². The lowest BCUT2D eigenvalue weighted by Gasteiger charge is -2.38. The number of nitrogens with two attached hydrogens (primary N) is 2. The van der Waals surface area contributed by atoms with Crippen molar-refractivity contribution in [2.45, 2.75) is 47.4 Å². The third kappa shape index (κ3) is 5.28. The number of carboxylic acid groups (broad SMARTS) is 1. The van der Waals surface area contributed by atoms with Crippen molar-refractivity contribution in [1.82, 2.24) is 15.1 Å². The molecular weight excluding hydrogens is 452 g/mol. The summed E-state index contributed by atoms with van der Waals surface area (Å²) in [6.45, 7) is -0.758. The van der Waals surface area contributed by atoms with Crippen molar-refractivity contribution in [2.24, 2.45) is 16.5 Å². The topological polar surface area (TPSA) is 252 Å². The predicted molar refractivity (Wildman–Crippen MR) is 109 cm³/mol. The normalized spacial score (nSPS) is 30.2. The van der Waals surface area contributed by atoms with Crippen LogP contribution in [0.4, 0.5) is 9.59 Å². The molecule has 0 radical (unpaired) electrons. The molecule has 180 valence electrons. The van der Waals surface area contributed by atoms with Crippen molar-refractivity contribution in [1.29, 1.82) is 0 Å². The van der Waals surface area contributed by atoms with Crippen LogP contribution in [0.3, 0.4) is 0 Å². The van der Waals surface area contributed by atoms with E-state index in [9.17, 15) is 39.6 Å². The van der Waals surface area contributed by atoms with Crippen LogP contribution >= 0.6 is 11.8 Å². The molecule has 2 rings (SSSR count). The second kappa shape index (κ2) is 10.4. The van der Waals surface area contributed by atoms with E-state index in [4.69, 9.17) is 16.6 Å². The third-order valence-corrected chi connectivity index (χ3v) is 6.78. The molecule has 2 saturated heterocycles. The van der Waals surface area contributed by atoms with Crippen molar-refractivity contribution in [3.8, 4) is 0 Å². The summed E-state index contributed by atoms with van der Waals surface area (Å²) < 4.78 is 0. The van der Waals surface area contributed by atoms with E-state index in [1.807, 2.05) is 5.32 Å². The number of urea groups is 2. The first-order valence-electron chi connectivity index (χ1n) is 9.41. The summed E-state index contributed by atoms with van der Waals surface area (Å²) in [5.41, 5.74) is 10.4. The molecule has 0 aromatic rings. The van der Waals surface area contributed by atoms with Crippen LogP contribution < -0.4 is 16.8 Å². The zero-order valence-electron chi connectivity index (χ0n) is 16.9. The number of aliphatic hydroxyl groups excluding tert-OH is 4. The van der Waals surface area contributed by atoms with Gasteiger partial charge in [-0.25, -0.2) is 14.4 Å². The molecule has 16 heteroatoms. The van der Waals surface area contributed by atoms with Crippen LogP contribution in [0.2, 0.25) is 0 Å². The Hall–Kier alpha value is -2.50. The number of nitrogens with one attached hydrogen (secondary N) is 1. The van der Waals surface area contributed by atoms with Gasteiger partial charge in [-0.05, 0) is 0 Å². The number of aliphatic carboxylic acids is 1. The van der Waals surface area contributed by atoms with Gasteiger partial charge in [0.25, 0.3) is 0 Å². The van der Waals surface area contributed by atoms with E-state index in [-0.39, 0.29) is 18.8 Å². The van der Waals surface area contributed by atoms with Gasteiger partial charge >= 0.3 is 18.0 Å². The van der Waals surface area contributed by atoms with Crippen LogP contribution in [-0.2, 0) is 9.59 Å². The van der Waals surface area contributed by atoms with Gasteiger partial charge < -0.3 is 47.2 Å². The highest BCUT2D eigenvalue weighted by atomic mass is 32.2. The Morgan fingerprint density at radius 3 is 2.47 bits per heavy atom. The van der Waals surface area contributed by atoms with Gasteiger partial charge in [0.2, 0.25) is 5.91 Å². The summed E-state index contributed by atoms with van der Waals surface area (Å²) in [7, 11) is 1.34. The maximum atomic E-state index is 12.7. The predicted octanol–water partition coefficient (Wildman–Crippen LogP) is -4.37. The van der Waals surface area contributed by atoms with Gasteiger partial charge in [0.15, 0.2) is 6.04 Å². The maximum absolute atomic E-state index is 12.7. The van der Waals surface area contributed by atoms with Crippen LogP contribution in [0, 0.1) is 0 Å². The third-order valence-electron chi connectivity index (χ3n) is 5.09. The zero-order valence-corrected chi connectivity index (χ0v) is 17.8. The smallest absolute Gasteiger partial charge is 0.340 e. The summed E-state index contributed by atoms with van der Waals surface area (Å²) in [5.74, 6) is -2.56. The Morgan fingerprint density at radius 2 is 1.94 bits per heavy atom. The number of rotatable bonds is 7. The number of amidine groups is 1. The maximum Gasteiger partial charge on any atom is 0.340 e. The number of aliphatic imine (C=N–C) groups is 1. The second-order valence-electron chi connectivity index (χ2n) is 7.23. The van der Waals surface area contributed by atoms with Crippen LogP contribution in [0.15, 0.2) is 4.99 Å². The van der Waals surface area contributed by atoms with Crippen molar-refractivity contribution >= 4 is 41.5 Å². The molecule has 2 heterocycles. The highest BCUT2D eigenvalue weighted by Gasteiger charge is 2.52. The number of carbonyl (C=O) groups excluding carboxylic acids is 3. The molecule has 7 atom stereocenters. The van der Waals surface area contributed by atoms with Crippen molar-refractivity contribution in [2.75, 3.05) is 20.2 Å². The Bertz CT molecular complexity index is 798. The quantitative estimate of drug-likeness (QED) is 0.173. The number of hydrogen-bond donors (Lipinski definition) is 8. The van der Waals surface area contributed by atoms with Crippen molar-refractivity contribution in [3.63, 3.8) is 0 Å². The van der Waals surface area contributed by atoms with Crippen molar-refractivity contribution in [3.05, 3.63) is 0 Å².